The summed E-state index contributed by atoms with van der Waals surface area (Å²) in [7, 11) is 1.62. The van der Waals surface area contributed by atoms with Gasteiger partial charge in [-0.05, 0) is 32.0 Å². The van der Waals surface area contributed by atoms with Crippen LogP contribution in [0.25, 0.3) is 0 Å². The second kappa shape index (κ2) is 6.58. The molecule has 0 saturated carbocycles. The van der Waals surface area contributed by atoms with E-state index >= 15 is 0 Å². The largest absolute Gasteiger partial charge is 0.496 e. The van der Waals surface area contributed by atoms with Crippen LogP contribution in [0.15, 0.2) is 28.9 Å². The van der Waals surface area contributed by atoms with E-state index in [1.54, 1.807) is 31.5 Å². The molecule has 21 heavy (non-hydrogen) atoms. The van der Waals surface area contributed by atoms with Crippen LogP contribution in [0.1, 0.15) is 27.2 Å². The number of carbonyl (C=O) groups is 1. The van der Waals surface area contributed by atoms with E-state index in [0.717, 1.165) is 21.3 Å². The first-order valence-corrected chi connectivity index (χ1v) is 7.58. The molecule has 110 valence electrons. The normalized spacial score (nSPS) is 10.5. The molecule has 0 radical (unpaired) electrons. The summed E-state index contributed by atoms with van der Waals surface area (Å²) in [6, 6.07) is 5.23. The fraction of sp³-hybridized carbons (Fsp3) is 0.250. The Morgan fingerprint density at radius 1 is 1.38 bits per heavy atom. The number of hydrogen-bond donors (Lipinski definition) is 0. The van der Waals surface area contributed by atoms with E-state index in [0.29, 0.717) is 16.3 Å². The number of hydrogen-bond acceptors (Lipinski definition) is 3. The van der Waals surface area contributed by atoms with Crippen molar-refractivity contribution in [1.82, 2.24) is 4.98 Å². The topological polar surface area (TPSA) is 39.2 Å². The maximum atomic E-state index is 12.4. The van der Waals surface area contributed by atoms with Gasteiger partial charge in [0.2, 0.25) is 0 Å². The number of nitrogens with zero attached hydrogens (tertiary/aromatic N) is 1. The molecule has 0 aliphatic carbocycles. The van der Waals surface area contributed by atoms with Crippen LogP contribution in [-0.4, -0.2) is 17.9 Å². The Bertz CT molecular complexity index is 701. The number of halogens is 2. The molecule has 0 amide bonds. The molecule has 0 spiro atoms. The van der Waals surface area contributed by atoms with Crippen LogP contribution in [0.3, 0.4) is 0 Å². The Kier molecular flexibility index (Phi) is 5.01. The average Bonchev–Trinajstić information content (AvgIpc) is 2.45. The number of ketones is 1. The Morgan fingerprint density at radius 2 is 2.10 bits per heavy atom. The number of rotatable bonds is 4. The minimum absolute atomic E-state index is 0.0668. The molecule has 2 aromatic rings. The molecule has 0 aliphatic heterocycles. The van der Waals surface area contributed by atoms with Crippen LogP contribution in [-0.2, 0) is 6.42 Å². The summed E-state index contributed by atoms with van der Waals surface area (Å²) >= 11 is 9.44. The highest BCUT2D eigenvalue weighted by atomic mass is 79.9. The summed E-state index contributed by atoms with van der Waals surface area (Å²) in [6.07, 6.45) is 1.91. The lowest BCUT2D eigenvalue weighted by atomic mass is 10.0. The standard InChI is InChI=1S/C16H15BrClNO2/c1-9-8-19-14(10(2)16(9)21-3)7-15(20)12-6-11(17)4-5-13(12)18/h4-6,8H,7H2,1-3H3. The van der Waals surface area contributed by atoms with Crippen LogP contribution < -0.4 is 4.74 Å². The average molecular weight is 369 g/mol. The second-order valence-electron chi connectivity index (χ2n) is 4.77. The first-order chi connectivity index (χ1) is 9.93. The minimum Gasteiger partial charge on any atom is -0.496 e. The molecule has 0 unspecified atom stereocenters. The molecular weight excluding hydrogens is 354 g/mol. The zero-order chi connectivity index (χ0) is 15.6. The van der Waals surface area contributed by atoms with E-state index in [1.165, 1.54) is 0 Å². The highest BCUT2D eigenvalue weighted by Gasteiger charge is 2.16. The Hall–Kier alpha value is -1.39. The lowest BCUT2D eigenvalue weighted by molar-refractivity contribution is 0.0991. The van der Waals surface area contributed by atoms with Crippen molar-refractivity contribution in [3.63, 3.8) is 0 Å². The minimum atomic E-state index is -0.0668. The molecular formula is C16H15BrClNO2. The number of Topliss-reactive ketones (excluding diaryl/α,β-unsaturated/α-hetero) is 1. The molecule has 0 bridgehead atoms. The molecule has 1 aromatic carbocycles. The van der Waals surface area contributed by atoms with E-state index in [4.69, 9.17) is 16.3 Å². The number of pyridine rings is 1. The Balaban J connectivity index is 2.34. The van der Waals surface area contributed by atoms with Crippen molar-refractivity contribution in [2.45, 2.75) is 20.3 Å². The van der Waals surface area contributed by atoms with Gasteiger partial charge in [0.15, 0.2) is 5.78 Å². The van der Waals surface area contributed by atoms with E-state index in [2.05, 4.69) is 20.9 Å². The summed E-state index contributed by atoms with van der Waals surface area (Å²) in [5.74, 6) is 0.705. The van der Waals surface area contributed by atoms with Gasteiger partial charge in [0.1, 0.15) is 5.75 Å². The lowest BCUT2D eigenvalue weighted by Crippen LogP contribution is -2.09. The number of carbonyl (C=O) groups excluding carboxylic acids is 1. The van der Waals surface area contributed by atoms with E-state index in [1.807, 2.05) is 13.8 Å². The molecule has 0 N–H and O–H groups in total. The van der Waals surface area contributed by atoms with Gasteiger partial charge in [-0.3, -0.25) is 9.78 Å². The molecule has 2 rings (SSSR count). The van der Waals surface area contributed by atoms with Crippen LogP contribution in [0.4, 0.5) is 0 Å². The zero-order valence-corrected chi connectivity index (χ0v) is 14.4. The van der Waals surface area contributed by atoms with Crippen molar-refractivity contribution in [3.8, 4) is 5.75 Å². The molecule has 1 heterocycles. The van der Waals surface area contributed by atoms with E-state index < -0.39 is 0 Å². The van der Waals surface area contributed by atoms with E-state index in [9.17, 15) is 4.79 Å². The summed E-state index contributed by atoms with van der Waals surface area (Å²) < 4.78 is 6.18. The van der Waals surface area contributed by atoms with Crippen LogP contribution in [0, 0.1) is 13.8 Å². The first-order valence-electron chi connectivity index (χ1n) is 6.41. The number of benzene rings is 1. The van der Waals surface area contributed by atoms with Gasteiger partial charge in [-0.25, -0.2) is 0 Å². The zero-order valence-electron chi connectivity index (χ0n) is 12.0. The molecule has 3 nitrogen and oxygen atoms in total. The third-order valence-electron chi connectivity index (χ3n) is 3.31. The lowest BCUT2D eigenvalue weighted by Gasteiger charge is -2.12. The Labute approximate surface area is 137 Å². The molecule has 0 fully saturated rings. The summed E-state index contributed by atoms with van der Waals surface area (Å²) in [5.41, 5.74) is 3.04. The first kappa shape index (κ1) is 16.0. The summed E-state index contributed by atoms with van der Waals surface area (Å²) in [6.45, 7) is 3.83. The van der Waals surface area contributed by atoms with Crippen LogP contribution in [0.2, 0.25) is 5.02 Å². The molecule has 0 aliphatic rings. The van der Waals surface area contributed by atoms with Crippen molar-refractivity contribution in [2.24, 2.45) is 0 Å². The second-order valence-corrected chi connectivity index (χ2v) is 6.09. The van der Waals surface area contributed by atoms with Gasteiger partial charge in [-0.1, -0.05) is 27.5 Å². The van der Waals surface area contributed by atoms with Crippen molar-refractivity contribution < 1.29 is 9.53 Å². The third-order valence-corrected chi connectivity index (χ3v) is 4.13. The molecule has 0 atom stereocenters. The summed E-state index contributed by atoms with van der Waals surface area (Å²) in [4.78, 5) is 16.8. The maximum absolute atomic E-state index is 12.4. The van der Waals surface area contributed by atoms with E-state index in [-0.39, 0.29) is 12.2 Å². The monoisotopic (exact) mass is 367 g/mol. The molecule has 5 heteroatoms. The summed E-state index contributed by atoms with van der Waals surface area (Å²) in [5, 5.41) is 0.444. The fourth-order valence-electron chi connectivity index (χ4n) is 2.21. The predicted molar refractivity (Wildman–Crippen MR) is 87.4 cm³/mol. The smallest absolute Gasteiger partial charge is 0.170 e. The van der Waals surface area contributed by atoms with Gasteiger partial charge in [0.25, 0.3) is 0 Å². The predicted octanol–water partition coefficient (Wildman–Crippen LogP) is 4.55. The quantitative estimate of drug-likeness (QED) is 0.743. The van der Waals surface area contributed by atoms with Crippen molar-refractivity contribution in [3.05, 3.63) is 56.3 Å². The van der Waals surface area contributed by atoms with Crippen molar-refractivity contribution in [2.75, 3.05) is 7.11 Å². The van der Waals surface area contributed by atoms with Gasteiger partial charge in [0.05, 0.1) is 24.2 Å². The van der Waals surface area contributed by atoms with Crippen LogP contribution in [0.5, 0.6) is 5.75 Å². The number of ether oxygens (including phenoxy) is 1. The van der Waals surface area contributed by atoms with Gasteiger partial charge in [0, 0.05) is 27.4 Å². The van der Waals surface area contributed by atoms with Gasteiger partial charge in [-0.15, -0.1) is 0 Å². The van der Waals surface area contributed by atoms with Gasteiger partial charge >= 0.3 is 0 Å². The molecule has 1 aromatic heterocycles. The third kappa shape index (κ3) is 3.44. The number of aryl methyl sites for hydroxylation is 1. The van der Waals surface area contributed by atoms with Gasteiger partial charge < -0.3 is 4.74 Å². The fourth-order valence-corrected chi connectivity index (χ4v) is 2.79. The maximum Gasteiger partial charge on any atom is 0.170 e. The van der Waals surface area contributed by atoms with Crippen LogP contribution >= 0.6 is 27.5 Å². The van der Waals surface area contributed by atoms with Crippen molar-refractivity contribution >= 4 is 33.3 Å². The van der Waals surface area contributed by atoms with Gasteiger partial charge in [-0.2, -0.15) is 0 Å². The Morgan fingerprint density at radius 3 is 2.76 bits per heavy atom. The highest BCUT2D eigenvalue weighted by molar-refractivity contribution is 9.10. The number of methoxy groups -OCH3 is 1. The highest BCUT2D eigenvalue weighted by Crippen LogP contribution is 2.26. The molecule has 0 saturated heterocycles. The SMILES string of the molecule is COc1c(C)cnc(CC(=O)c2cc(Br)ccc2Cl)c1C. The number of aromatic nitrogens is 1. The van der Waals surface area contributed by atoms with Crippen molar-refractivity contribution in [1.29, 1.82) is 0 Å².